The number of nitrogens with one attached hydrogen (secondary N) is 2. The Morgan fingerprint density at radius 2 is 1.74 bits per heavy atom. The topological polar surface area (TPSA) is 112 Å². The molecule has 198 valence electrons. The smallest absolute Gasteiger partial charge is 0.261 e. The average molecular weight is 521 g/mol. The summed E-state index contributed by atoms with van der Waals surface area (Å²) in [5.41, 5.74) is 9.71. The Morgan fingerprint density at radius 3 is 2.51 bits per heavy atom. The second kappa shape index (κ2) is 10.5. The number of benzene rings is 4. The van der Waals surface area contributed by atoms with E-state index in [0.29, 0.717) is 17.5 Å². The van der Waals surface area contributed by atoms with E-state index in [4.69, 9.17) is 15.9 Å². The predicted octanol–water partition coefficient (Wildman–Crippen LogP) is 4.62. The SMILES string of the molecule is N=C(N)c1ccc2ccc([C@H]3Cc4cc(OC5CCNCC5)ccc4N3C(=O)[C@@H](O)c3ccccc3)cc2c1. The molecule has 0 spiro atoms. The van der Waals surface area contributed by atoms with Crippen molar-refractivity contribution in [1.29, 1.82) is 5.41 Å². The fraction of sp³-hybridized carbons (Fsp3) is 0.250. The minimum atomic E-state index is -1.28. The van der Waals surface area contributed by atoms with Crippen molar-refractivity contribution in [3.63, 3.8) is 0 Å². The Morgan fingerprint density at radius 1 is 0.974 bits per heavy atom. The van der Waals surface area contributed by atoms with Gasteiger partial charge in [-0.1, -0.05) is 54.6 Å². The molecule has 7 heteroatoms. The zero-order chi connectivity index (χ0) is 26.9. The lowest BCUT2D eigenvalue weighted by Crippen LogP contribution is -2.36. The van der Waals surface area contributed by atoms with Gasteiger partial charge in [0.15, 0.2) is 6.10 Å². The van der Waals surface area contributed by atoms with Crippen LogP contribution in [0.4, 0.5) is 5.69 Å². The minimum Gasteiger partial charge on any atom is -0.490 e. The number of amides is 1. The number of piperidine rings is 1. The molecule has 0 saturated carbocycles. The summed E-state index contributed by atoms with van der Waals surface area (Å²) in [6.45, 7) is 1.90. The number of rotatable bonds is 6. The maximum Gasteiger partial charge on any atom is 0.261 e. The molecule has 2 aliphatic rings. The van der Waals surface area contributed by atoms with Gasteiger partial charge in [0, 0.05) is 11.3 Å². The van der Waals surface area contributed by atoms with Crippen molar-refractivity contribution in [2.75, 3.05) is 18.0 Å². The highest BCUT2D eigenvalue weighted by Crippen LogP contribution is 2.44. The van der Waals surface area contributed by atoms with E-state index < -0.39 is 6.10 Å². The number of amidine groups is 1. The number of anilines is 1. The van der Waals surface area contributed by atoms with Crippen LogP contribution in [0.1, 0.15) is 47.2 Å². The van der Waals surface area contributed by atoms with Gasteiger partial charge in [0.05, 0.1) is 6.04 Å². The number of ether oxygens (including phenoxy) is 1. The Balaban J connectivity index is 1.38. The molecule has 0 bridgehead atoms. The van der Waals surface area contributed by atoms with Crippen LogP contribution >= 0.6 is 0 Å². The first-order valence-corrected chi connectivity index (χ1v) is 13.4. The van der Waals surface area contributed by atoms with Crippen LogP contribution in [0, 0.1) is 5.41 Å². The number of hydrogen-bond donors (Lipinski definition) is 4. The summed E-state index contributed by atoms with van der Waals surface area (Å²) in [7, 11) is 0. The predicted molar refractivity (Wildman–Crippen MR) is 153 cm³/mol. The van der Waals surface area contributed by atoms with Crippen molar-refractivity contribution >= 4 is 28.2 Å². The molecule has 0 aliphatic carbocycles. The van der Waals surface area contributed by atoms with Crippen molar-refractivity contribution in [2.24, 2.45) is 5.73 Å². The number of aliphatic hydroxyl groups excluding tert-OH is 1. The van der Waals surface area contributed by atoms with Crippen molar-refractivity contribution < 1.29 is 14.6 Å². The van der Waals surface area contributed by atoms with Gasteiger partial charge in [0.2, 0.25) is 0 Å². The quantitative estimate of drug-likeness (QED) is 0.219. The molecule has 5 N–H and O–H groups in total. The second-order valence-corrected chi connectivity index (χ2v) is 10.3. The van der Waals surface area contributed by atoms with Gasteiger partial charge in [-0.15, -0.1) is 0 Å². The monoisotopic (exact) mass is 520 g/mol. The summed E-state index contributed by atoms with van der Waals surface area (Å²) in [6.07, 6.45) is 1.43. The highest BCUT2D eigenvalue weighted by atomic mass is 16.5. The number of carbonyl (C=O) groups is 1. The molecule has 0 aromatic heterocycles. The number of nitrogens with two attached hydrogens (primary N) is 1. The van der Waals surface area contributed by atoms with Crippen molar-refractivity contribution in [2.45, 2.75) is 37.5 Å². The lowest BCUT2D eigenvalue weighted by molar-refractivity contribution is -0.127. The van der Waals surface area contributed by atoms with Gasteiger partial charge in [-0.25, -0.2) is 0 Å². The van der Waals surface area contributed by atoms with Gasteiger partial charge < -0.3 is 25.8 Å². The molecule has 0 radical (unpaired) electrons. The van der Waals surface area contributed by atoms with Crippen LogP contribution in [0.15, 0.2) is 84.9 Å². The highest BCUT2D eigenvalue weighted by molar-refractivity contribution is 6.01. The van der Waals surface area contributed by atoms with E-state index in [9.17, 15) is 9.90 Å². The van der Waals surface area contributed by atoms with E-state index in [2.05, 4.69) is 11.4 Å². The van der Waals surface area contributed by atoms with E-state index in [1.807, 2.05) is 66.7 Å². The first-order valence-electron chi connectivity index (χ1n) is 13.4. The normalized spacial score (nSPS) is 18.1. The van der Waals surface area contributed by atoms with Crippen molar-refractivity contribution in [3.8, 4) is 5.75 Å². The third-order valence-electron chi connectivity index (χ3n) is 7.77. The van der Waals surface area contributed by atoms with Gasteiger partial charge in [-0.05, 0) is 90.1 Å². The van der Waals surface area contributed by atoms with Crippen LogP contribution in [-0.4, -0.2) is 36.0 Å². The van der Waals surface area contributed by atoms with Gasteiger partial charge >= 0.3 is 0 Å². The molecule has 1 saturated heterocycles. The molecule has 4 aromatic rings. The van der Waals surface area contributed by atoms with Crippen LogP contribution < -0.4 is 20.7 Å². The Bertz CT molecular complexity index is 1530. The lowest BCUT2D eigenvalue weighted by Gasteiger charge is -2.28. The Hall–Kier alpha value is -4.20. The molecule has 6 rings (SSSR count). The fourth-order valence-corrected chi connectivity index (χ4v) is 5.70. The number of hydrogen-bond acceptors (Lipinski definition) is 5. The first kappa shape index (κ1) is 25.1. The molecule has 2 aliphatic heterocycles. The molecular weight excluding hydrogens is 488 g/mol. The fourth-order valence-electron chi connectivity index (χ4n) is 5.70. The van der Waals surface area contributed by atoms with Crippen LogP contribution in [-0.2, 0) is 11.2 Å². The number of carbonyl (C=O) groups excluding carboxylic acids is 1. The molecule has 2 heterocycles. The Labute approximate surface area is 227 Å². The maximum atomic E-state index is 13.9. The third-order valence-corrected chi connectivity index (χ3v) is 7.77. The lowest BCUT2D eigenvalue weighted by atomic mass is 9.97. The number of fused-ring (bicyclic) bond motifs is 2. The number of nitrogen functional groups attached to an aromatic ring is 1. The van der Waals surface area contributed by atoms with Crippen LogP contribution in [0.25, 0.3) is 10.8 Å². The van der Waals surface area contributed by atoms with E-state index in [1.165, 1.54) is 0 Å². The summed E-state index contributed by atoms with van der Waals surface area (Å²) in [6, 6.07) is 26.5. The number of nitrogens with zero attached hydrogens (tertiary/aromatic N) is 1. The van der Waals surface area contributed by atoms with Crippen molar-refractivity contribution in [1.82, 2.24) is 5.32 Å². The summed E-state index contributed by atoms with van der Waals surface area (Å²) < 4.78 is 6.30. The summed E-state index contributed by atoms with van der Waals surface area (Å²) in [5.74, 6) is 0.455. The average Bonchev–Trinajstić information content (AvgIpc) is 3.35. The summed E-state index contributed by atoms with van der Waals surface area (Å²) >= 11 is 0. The molecule has 39 heavy (non-hydrogen) atoms. The summed E-state index contributed by atoms with van der Waals surface area (Å²) in [4.78, 5) is 15.6. The standard InChI is InChI=1S/C32H32N4O3/c33-31(34)23-9-7-20-6-8-22(16-24(20)17-23)29-19-25-18-27(39-26-12-14-35-15-13-26)10-11-28(25)36(29)32(38)30(37)21-4-2-1-3-5-21/h1-11,16-18,26,29-30,35,37H,12-15,19H2,(H3,33,34)/t29-,30+/m1/s1. The second-order valence-electron chi connectivity index (χ2n) is 10.3. The zero-order valence-corrected chi connectivity index (χ0v) is 21.6. The molecule has 2 atom stereocenters. The molecule has 7 nitrogen and oxygen atoms in total. The van der Waals surface area contributed by atoms with E-state index in [0.717, 1.165) is 59.3 Å². The minimum absolute atomic E-state index is 0.0136. The molecule has 0 unspecified atom stereocenters. The highest BCUT2D eigenvalue weighted by Gasteiger charge is 2.38. The van der Waals surface area contributed by atoms with Crippen molar-refractivity contribution in [3.05, 3.63) is 107 Å². The largest absolute Gasteiger partial charge is 0.490 e. The molecule has 1 amide bonds. The molecular formula is C32H32N4O3. The molecule has 4 aromatic carbocycles. The van der Waals surface area contributed by atoms with E-state index >= 15 is 0 Å². The maximum absolute atomic E-state index is 13.9. The third kappa shape index (κ3) is 4.99. The van der Waals surface area contributed by atoms with Gasteiger partial charge in [0.25, 0.3) is 5.91 Å². The first-order chi connectivity index (χ1) is 19.0. The number of aliphatic hydroxyl groups is 1. The zero-order valence-electron chi connectivity index (χ0n) is 21.6. The van der Waals surface area contributed by atoms with Crippen LogP contribution in [0.5, 0.6) is 5.75 Å². The molecule has 1 fully saturated rings. The Kier molecular flexibility index (Phi) is 6.77. The van der Waals surface area contributed by atoms with Gasteiger partial charge in [0.1, 0.15) is 17.7 Å². The van der Waals surface area contributed by atoms with E-state index in [-0.39, 0.29) is 23.9 Å². The van der Waals surface area contributed by atoms with Gasteiger partial charge in [-0.2, -0.15) is 0 Å². The summed E-state index contributed by atoms with van der Waals surface area (Å²) in [5, 5.41) is 24.3. The van der Waals surface area contributed by atoms with Crippen LogP contribution in [0.2, 0.25) is 0 Å². The van der Waals surface area contributed by atoms with Crippen LogP contribution in [0.3, 0.4) is 0 Å². The van der Waals surface area contributed by atoms with Gasteiger partial charge in [-0.3, -0.25) is 10.2 Å². The van der Waals surface area contributed by atoms with E-state index in [1.54, 1.807) is 17.0 Å².